The molecule has 1 aromatic carbocycles. The highest BCUT2D eigenvalue weighted by atomic mass is 16.2. The molecule has 4 heteroatoms. The molecule has 4 aliphatic rings. The first kappa shape index (κ1) is 16.6. The van der Waals surface area contributed by atoms with Crippen molar-refractivity contribution >= 4 is 11.8 Å². The van der Waals surface area contributed by atoms with E-state index in [1.54, 1.807) is 0 Å². The predicted molar refractivity (Wildman–Crippen MR) is 96.8 cm³/mol. The van der Waals surface area contributed by atoms with E-state index in [1.807, 2.05) is 18.2 Å². The first-order valence-electron chi connectivity index (χ1n) is 9.72. The van der Waals surface area contributed by atoms with Crippen LogP contribution in [0.25, 0.3) is 0 Å². The van der Waals surface area contributed by atoms with Crippen molar-refractivity contribution in [1.29, 1.82) is 0 Å². The zero-order valence-corrected chi connectivity index (χ0v) is 14.8. The zero-order chi connectivity index (χ0) is 17.3. The monoisotopic (exact) mass is 340 g/mol. The molecule has 4 bridgehead atoms. The molecule has 25 heavy (non-hydrogen) atoms. The summed E-state index contributed by atoms with van der Waals surface area (Å²) in [7, 11) is 0. The summed E-state index contributed by atoms with van der Waals surface area (Å²) in [5.41, 5.74) is 1.04. The van der Waals surface area contributed by atoms with Crippen LogP contribution in [0, 0.1) is 23.2 Å². The minimum atomic E-state index is -0.168. The van der Waals surface area contributed by atoms with E-state index in [0.717, 1.165) is 43.4 Å². The molecule has 0 spiro atoms. The average molecular weight is 340 g/mol. The van der Waals surface area contributed by atoms with Gasteiger partial charge in [0.25, 0.3) is 0 Å². The SMILES string of the molecule is O=C(CNC(=O)C12CC3CC(CC(C3)C1)C2)NCCc1ccccc1. The quantitative estimate of drug-likeness (QED) is 0.836. The van der Waals surface area contributed by atoms with E-state index in [4.69, 9.17) is 0 Å². The van der Waals surface area contributed by atoms with Gasteiger partial charge in [-0.1, -0.05) is 30.3 Å². The molecule has 2 N–H and O–H groups in total. The number of carbonyl (C=O) groups is 2. The lowest BCUT2D eigenvalue weighted by atomic mass is 9.49. The van der Waals surface area contributed by atoms with Crippen LogP contribution in [-0.2, 0) is 16.0 Å². The van der Waals surface area contributed by atoms with Crippen LogP contribution < -0.4 is 10.6 Å². The number of carbonyl (C=O) groups excluding carboxylic acids is 2. The van der Waals surface area contributed by atoms with E-state index in [0.29, 0.717) is 6.54 Å². The molecule has 2 amide bonds. The molecule has 0 radical (unpaired) electrons. The van der Waals surface area contributed by atoms with E-state index in [-0.39, 0.29) is 23.8 Å². The highest BCUT2D eigenvalue weighted by molar-refractivity contribution is 5.88. The first-order valence-corrected chi connectivity index (χ1v) is 9.72. The molecular formula is C21H28N2O2. The lowest BCUT2D eigenvalue weighted by Crippen LogP contribution is -2.54. The molecule has 4 nitrogen and oxygen atoms in total. The molecule has 5 rings (SSSR count). The summed E-state index contributed by atoms with van der Waals surface area (Å²) in [6.07, 6.45) is 7.92. The maximum atomic E-state index is 12.8. The minimum absolute atomic E-state index is 0.0889. The Morgan fingerprint density at radius 3 is 2.12 bits per heavy atom. The Kier molecular flexibility index (Phi) is 4.53. The molecule has 0 atom stereocenters. The molecule has 4 fully saturated rings. The Morgan fingerprint density at radius 2 is 1.52 bits per heavy atom. The topological polar surface area (TPSA) is 58.2 Å². The summed E-state index contributed by atoms with van der Waals surface area (Å²) in [5, 5.41) is 5.84. The first-order chi connectivity index (χ1) is 12.1. The molecule has 4 saturated carbocycles. The number of rotatable bonds is 6. The summed E-state index contributed by atoms with van der Waals surface area (Å²) in [6, 6.07) is 10.1. The van der Waals surface area contributed by atoms with Crippen molar-refractivity contribution in [3.05, 3.63) is 35.9 Å². The molecule has 1 aromatic rings. The van der Waals surface area contributed by atoms with Gasteiger partial charge in [-0.05, 0) is 68.3 Å². The Balaban J connectivity index is 1.23. The van der Waals surface area contributed by atoms with Gasteiger partial charge in [0.15, 0.2) is 0 Å². The van der Waals surface area contributed by atoms with E-state index in [2.05, 4.69) is 22.8 Å². The molecule has 134 valence electrons. The summed E-state index contributed by atoms with van der Waals surface area (Å²) >= 11 is 0. The minimum Gasteiger partial charge on any atom is -0.354 e. The van der Waals surface area contributed by atoms with E-state index >= 15 is 0 Å². The summed E-state index contributed by atoms with van der Waals surface area (Å²) < 4.78 is 0. The fraction of sp³-hybridized carbons (Fsp3) is 0.619. The van der Waals surface area contributed by atoms with Crippen molar-refractivity contribution in [2.24, 2.45) is 23.2 Å². The number of amides is 2. The van der Waals surface area contributed by atoms with Crippen LogP contribution in [0.1, 0.15) is 44.1 Å². The number of hydrogen-bond acceptors (Lipinski definition) is 2. The van der Waals surface area contributed by atoms with Crippen LogP contribution >= 0.6 is 0 Å². The lowest BCUT2D eigenvalue weighted by molar-refractivity contribution is -0.147. The van der Waals surface area contributed by atoms with E-state index < -0.39 is 0 Å². The third-order valence-electron chi connectivity index (χ3n) is 6.51. The molecule has 0 aliphatic heterocycles. The van der Waals surface area contributed by atoms with Crippen LogP contribution in [0.2, 0.25) is 0 Å². The van der Waals surface area contributed by atoms with E-state index in [9.17, 15) is 9.59 Å². The molecule has 0 saturated heterocycles. The number of benzene rings is 1. The molecule has 0 heterocycles. The van der Waals surface area contributed by atoms with Gasteiger partial charge in [-0.25, -0.2) is 0 Å². The Bertz CT molecular complexity index is 605. The number of nitrogens with one attached hydrogen (secondary N) is 2. The van der Waals surface area contributed by atoms with Gasteiger partial charge in [0.1, 0.15) is 0 Å². The van der Waals surface area contributed by atoms with Crippen molar-refractivity contribution in [3.8, 4) is 0 Å². The summed E-state index contributed by atoms with van der Waals surface area (Å²) in [6.45, 7) is 0.714. The lowest BCUT2D eigenvalue weighted by Gasteiger charge is -2.55. The normalized spacial score (nSPS) is 32.4. The van der Waals surface area contributed by atoms with Gasteiger partial charge < -0.3 is 10.6 Å². The largest absolute Gasteiger partial charge is 0.354 e. The van der Waals surface area contributed by atoms with Crippen molar-refractivity contribution in [2.75, 3.05) is 13.1 Å². The van der Waals surface area contributed by atoms with Gasteiger partial charge in [-0.2, -0.15) is 0 Å². The zero-order valence-electron chi connectivity index (χ0n) is 14.8. The Labute approximate surface area is 149 Å². The third kappa shape index (κ3) is 3.58. The van der Waals surface area contributed by atoms with Gasteiger partial charge in [-0.3, -0.25) is 9.59 Å². The molecule has 4 aliphatic carbocycles. The molecule has 0 aromatic heterocycles. The Hall–Kier alpha value is -1.84. The van der Waals surface area contributed by atoms with Crippen molar-refractivity contribution < 1.29 is 9.59 Å². The summed E-state index contributed by atoms with van der Waals surface area (Å²) in [5.74, 6) is 2.28. The van der Waals surface area contributed by atoms with E-state index in [1.165, 1.54) is 24.8 Å². The average Bonchev–Trinajstić information content (AvgIpc) is 2.59. The standard InChI is InChI=1S/C21H28N2O2/c24-19(22-7-6-15-4-2-1-3-5-15)14-23-20(25)21-11-16-8-17(12-21)10-18(9-16)13-21/h1-5,16-18H,6-14H2,(H,22,24)(H,23,25). The van der Waals surface area contributed by atoms with Crippen LogP contribution in [0.4, 0.5) is 0 Å². The van der Waals surface area contributed by atoms with Crippen molar-refractivity contribution in [1.82, 2.24) is 10.6 Å². The van der Waals surface area contributed by atoms with Gasteiger partial charge in [0, 0.05) is 12.0 Å². The van der Waals surface area contributed by atoms with Gasteiger partial charge in [0.2, 0.25) is 11.8 Å². The summed E-state index contributed by atoms with van der Waals surface area (Å²) in [4.78, 5) is 24.8. The smallest absolute Gasteiger partial charge is 0.239 e. The maximum Gasteiger partial charge on any atom is 0.239 e. The van der Waals surface area contributed by atoms with Crippen molar-refractivity contribution in [2.45, 2.75) is 44.9 Å². The number of hydrogen-bond donors (Lipinski definition) is 2. The van der Waals surface area contributed by atoms with Crippen LogP contribution in [-0.4, -0.2) is 24.9 Å². The van der Waals surface area contributed by atoms with Gasteiger partial charge in [0.05, 0.1) is 6.54 Å². The van der Waals surface area contributed by atoms with Crippen LogP contribution in [0.3, 0.4) is 0 Å². The Morgan fingerprint density at radius 1 is 0.920 bits per heavy atom. The second kappa shape index (κ2) is 6.81. The molecular weight excluding hydrogens is 312 g/mol. The van der Waals surface area contributed by atoms with Crippen LogP contribution in [0.5, 0.6) is 0 Å². The molecule has 0 unspecified atom stereocenters. The highest BCUT2D eigenvalue weighted by Crippen LogP contribution is 2.60. The second-order valence-corrected chi connectivity index (χ2v) is 8.47. The fourth-order valence-electron chi connectivity index (χ4n) is 5.79. The van der Waals surface area contributed by atoms with Gasteiger partial charge >= 0.3 is 0 Å². The highest BCUT2D eigenvalue weighted by Gasteiger charge is 2.54. The van der Waals surface area contributed by atoms with Crippen molar-refractivity contribution in [3.63, 3.8) is 0 Å². The fourth-order valence-corrected chi connectivity index (χ4v) is 5.79. The maximum absolute atomic E-state index is 12.8. The predicted octanol–water partition coefficient (Wildman–Crippen LogP) is 2.68. The van der Waals surface area contributed by atoms with Gasteiger partial charge in [-0.15, -0.1) is 0 Å². The van der Waals surface area contributed by atoms with Crippen LogP contribution in [0.15, 0.2) is 30.3 Å². The second-order valence-electron chi connectivity index (χ2n) is 8.47. The third-order valence-corrected chi connectivity index (χ3v) is 6.51.